The maximum Gasteiger partial charge on any atom is 0.226 e. The van der Waals surface area contributed by atoms with E-state index in [0.717, 1.165) is 29.8 Å². The zero-order valence-corrected chi connectivity index (χ0v) is 10.5. The lowest BCUT2D eigenvalue weighted by Gasteiger charge is -2.09. The van der Waals surface area contributed by atoms with Gasteiger partial charge in [-0.25, -0.2) is 0 Å². The molecule has 3 N–H and O–H groups in total. The molecule has 1 aromatic rings. The van der Waals surface area contributed by atoms with Crippen molar-refractivity contribution in [1.82, 2.24) is 4.98 Å². The Morgan fingerprint density at radius 1 is 1.65 bits per heavy atom. The fraction of sp³-hybridized carbons (Fsp3) is 0.357. The number of primary amides is 1. The first-order valence-electron chi connectivity index (χ1n) is 5.91. The molecule has 0 spiro atoms. The topological polar surface area (TPSA) is 58.9 Å². The molecule has 1 atom stereocenters. The maximum atomic E-state index is 11.4. The van der Waals surface area contributed by atoms with E-state index >= 15 is 0 Å². The van der Waals surface area contributed by atoms with Crippen molar-refractivity contribution in [2.75, 3.05) is 0 Å². The van der Waals surface area contributed by atoms with E-state index in [1.54, 1.807) is 6.08 Å². The summed E-state index contributed by atoms with van der Waals surface area (Å²) in [6.07, 6.45) is 7.38. The number of carbonyl (C=O) groups is 1. The average molecular weight is 232 g/mol. The Bertz CT molecular complexity index is 429. The molecule has 3 nitrogen and oxygen atoms in total. The van der Waals surface area contributed by atoms with Crippen LogP contribution in [0, 0.1) is 0 Å². The van der Waals surface area contributed by atoms with Crippen LogP contribution in [0.4, 0.5) is 0 Å². The van der Waals surface area contributed by atoms with E-state index in [1.165, 1.54) is 0 Å². The molecule has 1 rings (SSSR count). The number of allylic oxidation sites excluding steroid dienone is 1. The van der Waals surface area contributed by atoms with Gasteiger partial charge >= 0.3 is 0 Å². The van der Waals surface area contributed by atoms with Gasteiger partial charge in [0, 0.05) is 11.4 Å². The molecule has 1 unspecified atom stereocenters. The summed E-state index contributed by atoms with van der Waals surface area (Å²) in [7, 11) is 0. The van der Waals surface area contributed by atoms with Crippen LogP contribution in [0.3, 0.4) is 0 Å². The van der Waals surface area contributed by atoms with E-state index in [0.29, 0.717) is 0 Å². The summed E-state index contributed by atoms with van der Waals surface area (Å²) in [5.74, 6) is -0.520. The lowest BCUT2D eigenvalue weighted by Crippen LogP contribution is -2.21. The van der Waals surface area contributed by atoms with Gasteiger partial charge in [0.05, 0.1) is 5.92 Å². The lowest BCUT2D eigenvalue weighted by molar-refractivity contribution is -0.119. The Morgan fingerprint density at radius 2 is 2.35 bits per heavy atom. The van der Waals surface area contributed by atoms with Gasteiger partial charge in [-0.05, 0) is 31.1 Å². The van der Waals surface area contributed by atoms with Crippen LogP contribution in [-0.4, -0.2) is 10.9 Å². The van der Waals surface area contributed by atoms with Crippen LogP contribution in [0.2, 0.25) is 0 Å². The summed E-state index contributed by atoms with van der Waals surface area (Å²) in [5.41, 5.74) is 8.28. The molecule has 0 radical (unpaired) electrons. The summed E-state index contributed by atoms with van der Waals surface area (Å²) >= 11 is 0. The normalized spacial score (nSPS) is 12.8. The Morgan fingerprint density at radius 3 is 2.82 bits per heavy atom. The molecule has 0 aliphatic rings. The van der Waals surface area contributed by atoms with Crippen molar-refractivity contribution in [3.05, 3.63) is 35.7 Å². The molecule has 17 heavy (non-hydrogen) atoms. The predicted molar refractivity (Wildman–Crippen MR) is 72.4 cm³/mol. The van der Waals surface area contributed by atoms with Gasteiger partial charge in [0.2, 0.25) is 5.91 Å². The minimum absolute atomic E-state index is 0.238. The highest BCUT2D eigenvalue weighted by Crippen LogP contribution is 2.24. The van der Waals surface area contributed by atoms with Crippen molar-refractivity contribution in [2.24, 2.45) is 5.73 Å². The monoisotopic (exact) mass is 232 g/mol. The van der Waals surface area contributed by atoms with Crippen LogP contribution in [-0.2, 0) is 4.79 Å². The highest BCUT2D eigenvalue weighted by atomic mass is 16.1. The molecule has 0 saturated carbocycles. The van der Waals surface area contributed by atoms with Crippen molar-refractivity contribution >= 4 is 18.1 Å². The zero-order chi connectivity index (χ0) is 12.8. The summed E-state index contributed by atoms with van der Waals surface area (Å²) in [6.45, 7) is 7.76. The van der Waals surface area contributed by atoms with Crippen molar-refractivity contribution in [2.45, 2.75) is 32.6 Å². The van der Waals surface area contributed by atoms with Crippen LogP contribution < -0.4 is 5.73 Å². The summed E-state index contributed by atoms with van der Waals surface area (Å²) in [6, 6.07) is 1.95. The van der Waals surface area contributed by atoms with E-state index in [4.69, 9.17) is 5.73 Å². The minimum Gasteiger partial charge on any atom is -0.369 e. The number of carbonyl (C=O) groups excluding carboxylic acids is 1. The minimum atomic E-state index is -0.282. The van der Waals surface area contributed by atoms with E-state index in [2.05, 4.69) is 11.6 Å². The van der Waals surface area contributed by atoms with Gasteiger partial charge in [-0.3, -0.25) is 4.79 Å². The van der Waals surface area contributed by atoms with Gasteiger partial charge in [-0.2, -0.15) is 0 Å². The van der Waals surface area contributed by atoms with Gasteiger partial charge in [-0.1, -0.05) is 32.1 Å². The maximum absolute atomic E-state index is 11.4. The van der Waals surface area contributed by atoms with Crippen molar-refractivity contribution in [3.63, 3.8) is 0 Å². The Labute approximate surface area is 102 Å². The first-order valence-corrected chi connectivity index (χ1v) is 5.91. The highest BCUT2D eigenvalue weighted by molar-refractivity contribution is 5.82. The van der Waals surface area contributed by atoms with Crippen LogP contribution in [0.15, 0.2) is 18.7 Å². The number of hydrogen-bond acceptors (Lipinski definition) is 1. The van der Waals surface area contributed by atoms with Crippen molar-refractivity contribution in [1.29, 1.82) is 0 Å². The number of nitrogens with one attached hydrogen (secondary N) is 1. The van der Waals surface area contributed by atoms with Crippen LogP contribution in [0.5, 0.6) is 0 Å². The third-order valence-corrected chi connectivity index (χ3v) is 2.75. The fourth-order valence-electron chi connectivity index (χ4n) is 1.91. The van der Waals surface area contributed by atoms with Crippen molar-refractivity contribution in [3.8, 4) is 0 Å². The first kappa shape index (κ1) is 13.3. The molecule has 0 aliphatic heterocycles. The molecule has 0 aromatic carbocycles. The van der Waals surface area contributed by atoms with Gasteiger partial charge in [-0.15, -0.1) is 0 Å². The number of nitrogens with two attached hydrogens (primary N) is 1. The Hall–Kier alpha value is -1.77. The number of aromatic nitrogens is 1. The highest BCUT2D eigenvalue weighted by Gasteiger charge is 2.19. The molecule has 0 saturated heterocycles. The molecule has 1 aromatic heterocycles. The predicted octanol–water partition coefficient (Wildman–Crippen LogP) is 3.06. The van der Waals surface area contributed by atoms with Gasteiger partial charge in [0.25, 0.3) is 0 Å². The summed E-state index contributed by atoms with van der Waals surface area (Å²) < 4.78 is 0. The SMILES string of the molecule is C=Cc1cc(C(CCC)C(N)=O)[nH]c1/C=C\C. The molecule has 3 heteroatoms. The third-order valence-electron chi connectivity index (χ3n) is 2.75. The first-order chi connectivity index (χ1) is 8.13. The van der Waals surface area contributed by atoms with E-state index in [9.17, 15) is 4.79 Å². The van der Waals surface area contributed by atoms with E-state index in [1.807, 2.05) is 32.1 Å². The third kappa shape index (κ3) is 3.09. The van der Waals surface area contributed by atoms with E-state index < -0.39 is 0 Å². The molecule has 0 bridgehead atoms. The average Bonchev–Trinajstić information content (AvgIpc) is 2.69. The number of amides is 1. The van der Waals surface area contributed by atoms with E-state index in [-0.39, 0.29) is 11.8 Å². The second kappa shape index (κ2) is 6.09. The number of H-pyrrole nitrogens is 1. The standard InChI is InChI=1S/C14H20N2O/c1-4-7-11(14(15)17)13-9-10(6-3)12(16-13)8-5-2/h5-6,8-9,11,16H,3-4,7H2,1-2H3,(H2,15,17)/b8-5-. The second-order valence-corrected chi connectivity index (χ2v) is 4.04. The molecule has 0 fully saturated rings. The molecular formula is C14H20N2O. The Kier molecular flexibility index (Phi) is 4.76. The van der Waals surface area contributed by atoms with Crippen LogP contribution in [0.25, 0.3) is 12.2 Å². The number of hydrogen-bond donors (Lipinski definition) is 2. The molecule has 1 heterocycles. The Balaban J connectivity index is 3.12. The largest absolute Gasteiger partial charge is 0.369 e. The summed E-state index contributed by atoms with van der Waals surface area (Å²) in [4.78, 5) is 14.7. The van der Waals surface area contributed by atoms with Crippen molar-refractivity contribution < 1.29 is 4.79 Å². The number of rotatable bonds is 6. The molecule has 1 amide bonds. The van der Waals surface area contributed by atoms with Crippen LogP contribution >= 0.6 is 0 Å². The second-order valence-electron chi connectivity index (χ2n) is 4.04. The zero-order valence-electron chi connectivity index (χ0n) is 10.5. The fourth-order valence-corrected chi connectivity index (χ4v) is 1.91. The number of aromatic amines is 1. The molecule has 92 valence electrons. The molecular weight excluding hydrogens is 212 g/mol. The van der Waals surface area contributed by atoms with Crippen LogP contribution in [0.1, 0.15) is 49.6 Å². The smallest absolute Gasteiger partial charge is 0.226 e. The quantitative estimate of drug-likeness (QED) is 0.778. The summed E-state index contributed by atoms with van der Waals surface area (Å²) in [5, 5.41) is 0. The molecule has 0 aliphatic carbocycles. The van der Waals surface area contributed by atoms with Gasteiger partial charge in [0.1, 0.15) is 0 Å². The van der Waals surface area contributed by atoms with Gasteiger partial charge in [0.15, 0.2) is 0 Å². The van der Waals surface area contributed by atoms with Gasteiger partial charge < -0.3 is 10.7 Å². The lowest BCUT2D eigenvalue weighted by atomic mass is 9.99.